The zero-order valence-corrected chi connectivity index (χ0v) is 7.53. The predicted molar refractivity (Wildman–Crippen MR) is 52.9 cm³/mol. The molecule has 13 heavy (non-hydrogen) atoms. The molecule has 5 N–H and O–H groups in total. The summed E-state index contributed by atoms with van der Waals surface area (Å²) in [5.74, 6) is 0. The fourth-order valence-corrected chi connectivity index (χ4v) is 0.287. The SMILES string of the molecule is C=CCNCC=C.N#CN.N#CN. The maximum absolute atomic E-state index is 7.10. The molecule has 0 unspecified atom stereocenters. The van der Waals surface area contributed by atoms with E-state index in [2.05, 4.69) is 29.9 Å². The number of hydrogen-bond acceptors (Lipinski definition) is 5. The number of nitrogens with one attached hydrogen (secondary N) is 1. The number of nitriles is 2. The van der Waals surface area contributed by atoms with Gasteiger partial charge in [0, 0.05) is 13.1 Å². The maximum Gasteiger partial charge on any atom is 0.173 e. The van der Waals surface area contributed by atoms with Crippen molar-refractivity contribution in [2.75, 3.05) is 13.1 Å². The van der Waals surface area contributed by atoms with Gasteiger partial charge in [0.05, 0.1) is 0 Å². The fourth-order valence-electron chi connectivity index (χ4n) is 0.287. The lowest BCUT2D eigenvalue weighted by molar-refractivity contribution is 0.845. The van der Waals surface area contributed by atoms with Crippen molar-refractivity contribution in [3.63, 3.8) is 0 Å². The summed E-state index contributed by atoms with van der Waals surface area (Å²) in [5, 5.41) is 17.2. The van der Waals surface area contributed by atoms with E-state index in [9.17, 15) is 0 Å². The van der Waals surface area contributed by atoms with Crippen molar-refractivity contribution < 1.29 is 0 Å². The molecule has 0 aromatic rings. The molecule has 0 aliphatic carbocycles. The van der Waals surface area contributed by atoms with Gasteiger partial charge in [-0.1, -0.05) is 12.2 Å². The van der Waals surface area contributed by atoms with Crippen molar-refractivity contribution in [2.24, 2.45) is 11.5 Å². The van der Waals surface area contributed by atoms with Crippen molar-refractivity contribution >= 4 is 0 Å². The normalized spacial score (nSPS) is 5.38. The molecule has 0 heterocycles. The Bertz CT molecular complexity index is 154. The molecular formula is C8H15N5. The van der Waals surface area contributed by atoms with E-state index in [1.165, 1.54) is 12.4 Å². The Labute approximate surface area is 78.9 Å². The monoisotopic (exact) mass is 181 g/mol. The van der Waals surface area contributed by atoms with E-state index in [0.717, 1.165) is 13.1 Å². The molecule has 0 amide bonds. The van der Waals surface area contributed by atoms with E-state index in [4.69, 9.17) is 10.5 Å². The van der Waals surface area contributed by atoms with Crippen LogP contribution in [0.5, 0.6) is 0 Å². The van der Waals surface area contributed by atoms with Crippen molar-refractivity contribution in [3.05, 3.63) is 25.3 Å². The highest BCUT2D eigenvalue weighted by atomic mass is 14.8. The Morgan fingerprint density at radius 3 is 1.46 bits per heavy atom. The first-order valence-electron chi connectivity index (χ1n) is 3.36. The lowest BCUT2D eigenvalue weighted by Crippen LogP contribution is -2.11. The minimum atomic E-state index is 0.867. The summed E-state index contributed by atoms with van der Waals surface area (Å²) in [7, 11) is 0. The Morgan fingerprint density at radius 2 is 1.31 bits per heavy atom. The summed E-state index contributed by atoms with van der Waals surface area (Å²) in [4.78, 5) is 0. The quantitative estimate of drug-likeness (QED) is 0.241. The van der Waals surface area contributed by atoms with Gasteiger partial charge in [0.1, 0.15) is 0 Å². The van der Waals surface area contributed by atoms with E-state index in [-0.39, 0.29) is 0 Å². The molecule has 5 nitrogen and oxygen atoms in total. The molecule has 0 fully saturated rings. The summed E-state index contributed by atoms with van der Waals surface area (Å²) < 4.78 is 0. The summed E-state index contributed by atoms with van der Waals surface area (Å²) in [5.41, 5.74) is 8.31. The number of nitrogens with two attached hydrogens (primary N) is 2. The molecule has 0 aliphatic heterocycles. The van der Waals surface area contributed by atoms with Gasteiger partial charge in [-0.2, -0.15) is 10.5 Å². The van der Waals surface area contributed by atoms with Gasteiger partial charge in [0.25, 0.3) is 0 Å². The zero-order valence-electron chi connectivity index (χ0n) is 7.53. The van der Waals surface area contributed by atoms with Crippen molar-refractivity contribution in [1.29, 1.82) is 10.5 Å². The van der Waals surface area contributed by atoms with Gasteiger partial charge in [-0.3, -0.25) is 0 Å². The third kappa shape index (κ3) is 158. The van der Waals surface area contributed by atoms with Gasteiger partial charge in [-0.05, 0) is 0 Å². The topological polar surface area (TPSA) is 112 Å². The third-order valence-corrected chi connectivity index (χ3v) is 0.577. The number of hydrogen-bond donors (Lipinski definition) is 3. The van der Waals surface area contributed by atoms with Crippen LogP contribution in [0.2, 0.25) is 0 Å². The largest absolute Gasteiger partial charge is 0.337 e. The summed E-state index contributed by atoms with van der Waals surface area (Å²) in [6, 6.07) is 0. The Balaban J connectivity index is -0.000000140. The summed E-state index contributed by atoms with van der Waals surface area (Å²) in [6.45, 7) is 8.81. The first-order chi connectivity index (χ1) is 6.24. The number of nitrogens with zero attached hydrogens (tertiary/aromatic N) is 2. The average molecular weight is 181 g/mol. The molecule has 0 aromatic carbocycles. The molecule has 0 radical (unpaired) electrons. The van der Waals surface area contributed by atoms with Crippen molar-refractivity contribution in [2.45, 2.75) is 0 Å². The summed E-state index contributed by atoms with van der Waals surface area (Å²) in [6.07, 6.45) is 6.15. The Morgan fingerprint density at radius 1 is 1.08 bits per heavy atom. The highest BCUT2D eigenvalue weighted by Crippen LogP contribution is 1.59. The molecule has 0 aromatic heterocycles. The van der Waals surface area contributed by atoms with Gasteiger partial charge in [-0.25, -0.2) is 0 Å². The van der Waals surface area contributed by atoms with Crippen LogP contribution in [0.4, 0.5) is 0 Å². The van der Waals surface area contributed by atoms with Crippen LogP contribution in [-0.4, -0.2) is 13.1 Å². The van der Waals surface area contributed by atoms with Crippen molar-refractivity contribution in [3.8, 4) is 12.4 Å². The second-order valence-electron chi connectivity index (χ2n) is 1.49. The lowest BCUT2D eigenvalue weighted by Gasteiger charge is -1.90. The van der Waals surface area contributed by atoms with Gasteiger partial charge in [0.2, 0.25) is 0 Å². The maximum atomic E-state index is 7.10. The molecule has 0 rings (SSSR count). The van der Waals surface area contributed by atoms with Gasteiger partial charge < -0.3 is 16.8 Å². The van der Waals surface area contributed by atoms with Crippen LogP contribution in [-0.2, 0) is 0 Å². The Hall–Kier alpha value is -1.98. The first-order valence-corrected chi connectivity index (χ1v) is 3.36. The molecule has 0 bridgehead atoms. The second-order valence-corrected chi connectivity index (χ2v) is 1.49. The highest BCUT2D eigenvalue weighted by molar-refractivity contribution is 4.75. The highest BCUT2D eigenvalue weighted by Gasteiger charge is 1.69. The molecular weight excluding hydrogens is 166 g/mol. The van der Waals surface area contributed by atoms with E-state index >= 15 is 0 Å². The second kappa shape index (κ2) is 32.3. The van der Waals surface area contributed by atoms with Gasteiger partial charge in [0.15, 0.2) is 12.4 Å². The standard InChI is InChI=1S/C6H11N.2CH2N2/c1-3-5-7-6-4-2;2*2-1-3/h3-4,7H,1-2,5-6H2;2*2H2. The third-order valence-electron chi connectivity index (χ3n) is 0.577. The van der Waals surface area contributed by atoms with Crippen LogP contribution < -0.4 is 16.8 Å². The van der Waals surface area contributed by atoms with Crippen LogP contribution in [0.25, 0.3) is 0 Å². The van der Waals surface area contributed by atoms with Gasteiger partial charge in [-0.15, -0.1) is 13.2 Å². The predicted octanol–water partition coefficient (Wildman–Crippen LogP) is -0.200. The summed E-state index contributed by atoms with van der Waals surface area (Å²) >= 11 is 0. The van der Waals surface area contributed by atoms with Crippen LogP contribution in [0.3, 0.4) is 0 Å². The molecule has 0 aliphatic rings. The van der Waals surface area contributed by atoms with Crippen LogP contribution >= 0.6 is 0 Å². The van der Waals surface area contributed by atoms with E-state index in [1.807, 2.05) is 12.2 Å². The Kier molecular flexibility index (Phi) is 42.8. The lowest BCUT2D eigenvalue weighted by atomic mass is 10.5. The zero-order chi connectivity index (χ0) is 10.9. The number of rotatable bonds is 4. The molecule has 0 saturated carbocycles. The molecule has 72 valence electrons. The molecule has 5 heteroatoms. The van der Waals surface area contributed by atoms with Crippen LogP contribution in [0.1, 0.15) is 0 Å². The molecule has 0 spiro atoms. The van der Waals surface area contributed by atoms with E-state index in [0.29, 0.717) is 0 Å². The average Bonchev–Trinajstić information content (AvgIpc) is 2.08. The van der Waals surface area contributed by atoms with Crippen molar-refractivity contribution in [1.82, 2.24) is 5.32 Å². The minimum absolute atomic E-state index is 0.867. The molecule has 0 atom stereocenters. The van der Waals surface area contributed by atoms with Gasteiger partial charge >= 0.3 is 0 Å². The van der Waals surface area contributed by atoms with Crippen LogP contribution in [0, 0.1) is 22.9 Å². The smallest absolute Gasteiger partial charge is 0.173 e. The van der Waals surface area contributed by atoms with E-state index in [1.54, 1.807) is 0 Å². The molecule has 0 saturated heterocycles. The minimum Gasteiger partial charge on any atom is -0.337 e. The van der Waals surface area contributed by atoms with E-state index < -0.39 is 0 Å². The first kappa shape index (κ1) is 17.2. The van der Waals surface area contributed by atoms with Crippen LogP contribution in [0.15, 0.2) is 25.3 Å². The fraction of sp³-hybridized carbons (Fsp3) is 0.250.